The van der Waals surface area contributed by atoms with E-state index in [2.05, 4.69) is 15.5 Å². The second-order valence-electron chi connectivity index (χ2n) is 7.94. The third kappa shape index (κ3) is 5.52. The number of anilines is 1. The highest BCUT2D eigenvalue weighted by Crippen LogP contribution is 2.21. The molecule has 0 aliphatic carbocycles. The van der Waals surface area contributed by atoms with Crippen LogP contribution in [0.5, 0.6) is 0 Å². The standard InChI is InChI=1S/C23H26N6O3S/c1-16-25-26-22(29(16)14-17-7-5-4-6-8-17)33-15-21(30)24-18-9-10-20-19(13-18)28(23(31)32-20)12-11-27(2)3/h4-10,13H,11-12,14-15H2,1-3H3,(H,24,30). The Labute approximate surface area is 195 Å². The molecule has 0 atom stereocenters. The number of thioether (sulfide) groups is 1. The van der Waals surface area contributed by atoms with Crippen molar-refractivity contribution in [3.8, 4) is 0 Å². The summed E-state index contributed by atoms with van der Waals surface area (Å²) in [6.07, 6.45) is 0. The summed E-state index contributed by atoms with van der Waals surface area (Å²) in [5, 5.41) is 12.0. The smallest absolute Gasteiger partial charge is 0.408 e. The van der Waals surface area contributed by atoms with Gasteiger partial charge in [-0.25, -0.2) is 4.79 Å². The Balaban J connectivity index is 1.42. The monoisotopic (exact) mass is 466 g/mol. The molecule has 1 amide bonds. The molecule has 10 heteroatoms. The van der Waals surface area contributed by atoms with E-state index in [0.717, 1.165) is 11.4 Å². The molecule has 0 spiro atoms. The van der Waals surface area contributed by atoms with E-state index in [9.17, 15) is 9.59 Å². The highest BCUT2D eigenvalue weighted by Gasteiger charge is 2.14. The van der Waals surface area contributed by atoms with Crippen molar-refractivity contribution in [3.05, 3.63) is 70.5 Å². The van der Waals surface area contributed by atoms with Crippen molar-refractivity contribution < 1.29 is 9.21 Å². The van der Waals surface area contributed by atoms with Crippen molar-refractivity contribution in [1.29, 1.82) is 0 Å². The molecule has 0 saturated heterocycles. The topological polar surface area (TPSA) is 98.2 Å². The van der Waals surface area contributed by atoms with E-state index < -0.39 is 5.76 Å². The minimum Gasteiger partial charge on any atom is -0.408 e. The van der Waals surface area contributed by atoms with E-state index in [0.29, 0.717) is 41.6 Å². The van der Waals surface area contributed by atoms with E-state index in [4.69, 9.17) is 4.42 Å². The van der Waals surface area contributed by atoms with E-state index in [1.165, 1.54) is 11.8 Å². The molecule has 0 bridgehead atoms. The first kappa shape index (κ1) is 22.8. The van der Waals surface area contributed by atoms with Gasteiger partial charge in [-0.05, 0) is 44.8 Å². The van der Waals surface area contributed by atoms with Gasteiger partial charge in [0.15, 0.2) is 10.7 Å². The molecule has 0 aliphatic rings. The molecule has 2 heterocycles. The average Bonchev–Trinajstić information content (AvgIpc) is 3.29. The first-order valence-corrected chi connectivity index (χ1v) is 11.5. The first-order chi connectivity index (χ1) is 15.9. The van der Waals surface area contributed by atoms with Crippen LogP contribution in [0.2, 0.25) is 0 Å². The van der Waals surface area contributed by atoms with Gasteiger partial charge in [0.25, 0.3) is 0 Å². The van der Waals surface area contributed by atoms with Gasteiger partial charge in [0, 0.05) is 18.8 Å². The van der Waals surface area contributed by atoms with E-state index in [1.807, 2.05) is 60.8 Å². The van der Waals surface area contributed by atoms with Gasteiger partial charge < -0.3 is 19.2 Å². The second kappa shape index (κ2) is 10.1. The molecule has 9 nitrogen and oxygen atoms in total. The summed E-state index contributed by atoms with van der Waals surface area (Å²) in [6, 6.07) is 15.2. The van der Waals surface area contributed by atoms with Gasteiger partial charge in [-0.3, -0.25) is 9.36 Å². The van der Waals surface area contributed by atoms with Crippen LogP contribution in [-0.2, 0) is 17.9 Å². The summed E-state index contributed by atoms with van der Waals surface area (Å²) in [4.78, 5) is 26.8. The summed E-state index contributed by atoms with van der Waals surface area (Å²) in [5.41, 5.74) is 2.90. The first-order valence-electron chi connectivity index (χ1n) is 10.5. The number of aryl methyl sites for hydroxylation is 1. The van der Waals surface area contributed by atoms with Gasteiger partial charge in [-0.15, -0.1) is 10.2 Å². The zero-order valence-electron chi connectivity index (χ0n) is 18.8. The number of benzene rings is 2. The third-order valence-electron chi connectivity index (χ3n) is 5.14. The normalized spacial score (nSPS) is 11.4. The summed E-state index contributed by atoms with van der Waals surface area (Å²) < 4.78 is 8.89. The molecule has 0 unspecified atom stereocenters. The number of hydrogen-bond acceptors (Lipinski definition) is 7. The Morgan fingerprint density at radius 2 is 1.91 bits per heavy atom. The molecule has 2 aromatic heterocycles. The maximum absolute atomic E-state index is 12.6. The van der Waals surface area contributed by atoms with Gasteiger partial charge in [-0.1, -0.05) is 42.1 Å². The minimum absolute atomic E-state index is 0.169. The van der Waals surface area contributed by atoms with Crippen LogP contribution in [0.15, 0.2) is 62.9 Å². The quantitative estimate of drug-likeness (QED) is 0.379. The fourth-order valence-electron chi connectivity index (χ4n) is 3.40. The summed E-state index contributed by atoms with van der Waals surface area (Å²) in [6.45, 7) is 3.74. The molecule has 0 radical (unpaired) electrons. The van der Waals surface area contributed by atoms with Crippen LogP contribution in [-0.4, -0.2) is 56.5 Å². The summed E-state index contributed by atoms with van der Waals surface area (Å²) in [7, 11) is 3.89. The van der Waals surface area contributed by atoms with Crippen molar-refractivity contribution in [2.75, 3.05) is 31.7 Å². The van der Waals surface area contributed by atoms with Crippen molar-refractivity contribution in [3.63, 3.8) is 0 Å². The number of nitrogens with zero attached hydrogens (tertiary/aromatic N) is 5. The summed E-state index contributed by atoms with van der Waals surface area (Å²) in [5.74, 6) is 0.405. The Hall–Kier alpha value is -3.37. The number of carbonyl (C=O) groups is 1. The summed E-state index contributed by atoms with van der Waals surface area (Å²) >= 11 is 1.33. The lowest BCUT2D eigenvalue weighted by molar-refractivity contribution is -0.113. The van der Waals surface area contributed by atoms with Crippen molar-refractivity contribution in [1.82, 2.24) is 24.2 Å². The van der Waals surface area contributed by atoms with Crippen LogP contribution >= 0.6 is 11.8 Å². The number of aromatic nitrogens is 4. The zero-order valence-corrected chi connectivity index (χ0v) is 19.6. The average molecular weight is 467 g/mol. The number of hydrogen-bond donors (Lipinski definition) is 1. The molecule has 0 fully saturated rings. The molecule has 2 aromatic carbocycles. The second-order valence-corrected chi connectivity index (χ2v) is 8.89. The van der Waals surface area contributed by atoms with E-state index in [-0.39, 0.29) is 11.7 Å². The lowest BCUT2D eigenvalue weighted by atomic mass is 10.2. The minimum atomic E-state index is -0.404. The van der Waals surface area contributed by atoms with Crippen LogP contribution in [0.25, 0.3) is 11.1 Å². The van der Waals surface area contributed by atoms with Crippen LogP contribution in [0.1, 0.15) is 11.4 Å². The lowest BCUT2D eigenvalue weighted by Crippen LogP contribution is -2.23. The van der Waals surface area contributed by atoms with Gasteiger partial charge in [0.05, 0.1) is 17.8 Å². The molecule has 1 N–H and O–H groups in total. The van der Waals surface area contributed by atoms with Crippen LogP contribution < -0.4 is 11.1 Å². The maximum atomic E-state index is 12.6. The Morgan fingerprint density at radius 1 is 1.12 bits per heavy atom. The van der Waals surface area contributed by atoms with Crippen molar-refractivity contribution in [2.45, 2.75) is 25.2 Å². The number of amides is 1. The molecule has 0 saturated carbocycles. The van der Waals surface area contributed by atoms with Crippen LogP contribution in [0.4, 0.5) is 5.69 Å². The molecule has 4 rings (SSSR count). The number of likely N-dealkylation sites (N-methyl/N-ethyl adjacent to an activating group) is 1. The Morgan fingerprint density at radius 3 is 2.67 bits per heavy atom. The molecular weight excluding hydrogens is 440 g/mol. The number of rotatable bonds is 9. The van der Waals surface area contributed by atoms with Crippen molar-refractivity contribution in [2.24, 2.45) is 0 Å². The van der Waals surface area contributed by atoms with Gasteiger partial charge >= 0.3 is 5.76 Å². The third-order valence-corrected chi connectivity index (χ3v) is 6.11. The van der Waals surface area contributed by atoms with Crippen LogP contribution in [0, 0.1) is 6.92 Å². The fraction of sp³-hybridized carbons (Fsp3) is 0.304. The molecule has 0 aliphatic heterocycles. The van der Waals surface area contributed by atoms with Crippen molar-refractivity contribution >= 4 is 34.5 Å². The number of nitrogens with one attached hydrogen (secondary N) is 1. The van der Waals surface area contributed by atoms with Gasteiger partial charge in [-0.2, -0.15) is 0 Å². The highest BCUT2D eigenvalue weighted by molar-refractivity contribution is 7.99. The Bertz CT molecular complexity index is 1310. The lowest BCUT2D eigenvalue weighted by Gasteiger charge is -2.10. The largest absolute Gasteiger partial charge is 0.419 e. The zero-order chi connectivity index (χ0) is 23.4. The van der Waals surface area contributed by atoms with E-state index >= 15 is 0 Å². The predicted octanol–water partition coefficient (Wildman–Crippen LogP) is 2.84. The Kier molecular flexibility index (Phi) is 6.95. The highest BCUT2D eigenvalue weighted by atomic mass is 32.2. The number of carbonyl (C=O) groups excluding carboxylic acids is 1. The number of fused-ring (bicyclic) bond motifs is 1. The van der Waals surface area contributed by atoms with Gasteiger partial charge in [0.1, 0.15) is 5.82 Å². The van der Waals surface area contributed by atoms with Gasteiger partial charge in [0.2, 0.25) is 5.91 Å². The molecule has 33 heavy (non-hydrogen) atoms. The molecule has 4 aromatic rings. The van der Waals surface area contributed by atoms with Crippen LogP contribution in [0.3, 0.4) is 0 Å². The molecule has 172 valence electrons. The van der Waals surface area contributed by atoms with E-state index in [1.54, 1.807) is 22.8 Å². The molecular formula is C23H26N6O3S. The number of oxazole rings is 1. The fourth-order valence-corrected chi connectivity index (χ4v) is 4.18. The SMILES string of the molecule is Cc1nnc(SCC(=O)Nc2ccc3oc(=O)n(CCN(C)C)c3c2)n1Cc1ccccc1. The predicted molar refractivity (Wildman–Crippen MR) is 129 cm³/mol. The maximum Gasteiger partial charge on any atom is 0.419 e.